The van der Waals surface area contributed by atoms with Gasteiger partial charge in [-0.3, -0.25) is 4.79 Å². The van der Waals surface area contributed by atoms with Crippen LogP contribution in [0.2, 0.25) is 0 Å². The average Bonchev–Trinajstić information content (AvgIpc) is 1.98. The van der Waals surface area contributed by atoms with Crippen LogP contribution < -0.4 is 0 Å². The van der Waals surface area contributed by atoms with Gasteiger partial charge >= 0.3 is 5.97 Å². The molecule has 3 nitrogen and oxygen atoms in total. The van der Waals surface area contributed by atoms with Crippen LogP contribution in [0.4, 0.5) is 0 Å². The SMILES string of the molecule is CCCOC(=O)CC1(C)COC1. The highest BCUT2D eigenvalue weighted by atomic mass is 16.5. The van der Waals surface area contributed by atoms with E-state index in [1.54, 1.807) is 0 Å². The third kappa shape index (κ3) is 2.48. The number of carbonyl (C=O) groups is 1. The highest BCUT2D eigenvalue weighted by molar-refractivity contribution is 5.70. The fourth-order valence-electron chi connectivity index (χ4n) is 1.17. The third-order valence-electron chi connectivity index (χ3n) is 1.94. The van der Waals surface area contributed by atoms with E-state index in [1.807, 2.05) is 13.8 Å². The molecule has 0 aliphatic carbocycles. The van der Waals surface area contributed by atoms with E-state index in [4.69, 9.17) is 9.47 Å². The van der Waals surface area contributed by atoms with Crippen molar-refractivity contribution < 1.29 is 14.3 Å². The Balaban J connectivity index is 2.16. The number of esters is 1. The van der Waals surface area contributed by atoms with Crippen LogP contribution in [0.5, 0.6) is 0 Å². The van der Waals surface area contributed by atoms with E-state index < -0.39 is 0 Å². The maximum atomic E-state index is 11.1. The molecule has 1 aliphatic heterocycles. The lowest BCUT2D eigenvalue weighted by atomic mass is 9.85. The molecule has 0 atom stereocenters. The van der Waals surface area contributed by atoms with E-state index in [-0.39, 0.29) is 11.4 Å². The molecule has 0 aromatic carbocycles. The Morgan fingerprint density at radius 1 is 1.58 bits per heavy atom. The third-order valence-corrected chi connectivity index (χ3v) is 1.94. The lowest BCUT2D eigenvalue weighted by molar-refractivity contribution is -0.158. The van der Waals surface area contributed by atoms with Crippen molar-refractivity contribution in [2.45, 2.75) is 26.7 Å². The quantitative estimate of drug-likeness (QED) is 0.601. The summed E-state index contributed by atoms with van der Waals surface area (Å²) in [5.41, 5.74) is 0.0465. The van der Waals surface area contributed by atoms with Crippen molar-refractivity contribution >= 4 is 5.97 Å². The molecule has 0 unspecified atom stereocenters. The summed E-state index contributed by atoms with van der Waals surface area (Å²) in [5.74, 6) is -0.0948. The van der Waals surface area contributed by atoms with Crippen molar-refractivity contribution in [1.82, 2.24) is 0 Å². The molecule has 0 amide bonds. The highest BCUT2D eigenvalue weighted by Gasteiger charge is 2.36. The van der Waals surface area contributed by atoms with Gasteiger partial charge in [-0.1, -0.05) is 13.8 Å². The zero-order valence-electron chi connectivity index (χ0n) is 7.76. The lowest BCUT2D eigenvalue weighted by Gasteiger charge is -2.36. The molecule has 1 rings (SSSR count). The van der Waals surface area contributed by atoms with E-state index >= 15 is 0 Å². The topological polar surface area (TPSA) is 35.5 Å². The van der Waals surface area contributed by atoms with Gasteiger partial charge in [0.2, 0.25) is 0 Å². The van der Waals surface area contributed by atoms with Crippen molar-refractivity contribution in [3.63, 3.8) is 0 Å². The van der Waals surface area contributed by atoms with E-state index in [2.05, 4.69) is 0 Å². The zero-order valence-corrected chi connectivity index (χ0v) is 7.76. The fourth-order valence-corrected chi connectivity index (χ4v) is 1.17. The van der Waals surface area contributed by atoms with Gasteiger partial charge in [-0.05, 0) is 6.42 Å². The maximum Gasteiger partial charge on any atom is 0.306 e. The molecule has 1 aliphatic rings. The van der Waals surface area contributed by atoms with Gasteiger partial charge in [0.25, 0.3) is 0 Å². The molecule has 0 spiro atoms. The highest BCUT2D eigenvalue weighted by Crippen LogP contribution is 2.30. The minimum atomic E-state index is -0.0948. The minimum absolute atomic E-state index is 0.0465. The second-order valence-corrected chi connectivity index (χ2v) is 3.70. The predicted molar refractivity (Wildman–Crippen MR) is 44.8 cm³/mol. The summed E-state index contributed by atoms with van der Waals surface area (Å²) in [5, 5.41) is 0. The Bertz CT molecular complexity index is 161. The van der Waals surface area contributed by atoms with Gasteiger partial charge in [-0.25, -0.2) is 0 Å². The molecule has 0 aromatic rings. The summed E-state index contributed by atoms with van der Waals surface area (Å²) in [4.78, 5) is 11.1. The average molecular weight is 172 g/mol. The summed E-state index contributed by atoms with van der Waals surface area (Å²) >= 11 is 0. The molecule has 1 heterocycles. The summed E-state index contributed by atoms with van der Waals surface area (Å²) in [6.07, 6.45) is 1.38. The van der Waals surface area contributed by atoms with Crippen LogP contribution in [0.25, 0.3) is 0 Å². The maximum absolute atomic E-state index is 11.1. The molecule has 0 N–H and O–H groups in total. The van der Waals surface area contributed by atoms with Gasteiger partial charge in [0.05, 0.1) is 26.2 Å². The predicted octanol–water partition coefficient (Wildman–Crippen LogP) is 1.37. The van der Waals surface area contributed by atoms with Gasteiger partial charge in [0.15, 0.2) is 0 Å². The Labute approximate surface area is 73.0 Å². The Hall–Kier alpha value is -0.570. The molecular weight excluding hydrogens is 156 g/mol. The Kier molecular flexibility index (Phi) is 3.09. The monoisotopic (exact) mass is 172 g/mol. The molecule has 0 saturated carbocycles. The summed E-state index contributed by atoms with van der Waals surface area (Å²) in [6.45, 7) is 5.95. The van der Waals surface area contributed by atoms with E-state index in [0.29, 0.717) is 26.2 Å². The van der Waals surface area contributed by atoms with Crippen LogP contribution >= 0.6 is 0 Å². The smallest absolute Gasteiger partial charge is 0.306 e. The van der Waals surface area contributed by atoms with Crippen molar-refractivity contribution in [1.29, 1.82) is 0 Å². The van der Waals surface area contributed by atoms with Crippen LogP contribution in [-0.4, -0.2) is 25.8 Å². The normalized spacial score (nSPS) is 19.8. The first-order valence-electron chi connectivity index (χ1n) is 4.40. The van der Waals surface area contributed by atoms with Gasteiger partial charge in [0, 0.05) is 5.41 Å². The van der Waals surface area contributed by atoms with Crippen LogP contribution in [0, 0.1) is 5.41 Å². The second kappa shape index (κ2) is 3.90. The minimum Gasteiger partial charge on any atom is -0.466 e. The van der Waals surface area contributed by atoms with Crippen molar-refractivity contribution in [3.05, 3.63) is 0 Å². The molecule has 1 saturated heterocycles. The van der Waals surface area contributed by atoms with Gasteiger partial charge < -0.3 is 9.47 Å². The Morgan fingerprint density at radius 2 is 2.25 bits per heavy atom. The lowest BCUT2D eigenvalue weighted by Crippen LogP contribution is -2.41. The molecular formula is C9H16O3. The van der Waals surface area contributed by atoms with Gasteiger partial charge in [-0.15, -0.1) is 0 Å². The van der Waals surface area contributed by atoms with Crippen molar-refractivity contribution in [2.75, 3.05) is 19.8 Å². The fraction of sp³-hybridized carbons (Fsp3) is 0.889. The van der Waals surface area contributed by atoms with Crippen molar-refractivity contribution in [2.24, 2.45) is 5.41 Å². The second-order valence-electron chi connectivity index (χ2n) is 3.70. The van der Waals surface area contributed by atoms with E-state index in [1.165, 1.54) is 0 Å². The largest absolute Gasteiger partial charge is 0.466 e. The number of carbonyl (C=O) groups excluding carboxylic acids is 1. The van der Waals surface area contributed by atoms with Crippen molar-refractivity contribution in [3.8, 4) is 0 Å². The van der Waals surface area contributed by atoms with E-state index in [0.717, 1.165) is 6.42 Å². The molecule has 0 aromatic heterocycles. The first kappa shape index (κ1) is 9.52. The molecule has 0 radical (unpaired) electrons. The van der Waals surface area contributed by atoms with E-state index in [9.17, 15) is 4.79 Å². The Morgan fingerprint density at radius 3 is 2.67 bits per heavy atom. The first-order valence-corrected chi connectivity index (χ1v) is 4.40. The van der Waals surface area contributed by atoms with Gasteiger partial charge in [0.1, 0.15) is 0 Å². The summed E-state index contributed by atoms with van der Waals surface area (Å²) in [6, 6.07) is 0. The van der Waals surface area contributed by atoms with Crippen LogP contribution in [0.15, 0.2) is 0 Å². The van der Waals surface area contributed by atoms with Crippen LogP contribution in [0.1, 0.15) is 26.7 Å². The number of hydrogen-bond acceptors (Lipinski definition) is 3. The van der Waals surface area contributed by atoms with Gasteiger partial charge in [-0.2, -0.15) is 0 Å². The first-order chi connectivity index (χ1) is 5.66. The number of ether oxygens (including phenoxy) is 2. The molecule has 3 heteroatoms. The molecule has 12 heavy (non-hydrogen) atoms. The summed E-state index contributed by atoms with van der Waals surface area (Å²) < 4.78 is 10.0. The zero-order chi connectivity index (χ0) is 9.03. The number of hydrogen-bond donors (Lipinski definition) is 0. The van der Waals surface area contributed by atoms with Crippen LogP contribution in [-0.2, 0) is 14.3 Å². The molecule has 1 fully saturated rings. The summed E-state index contributed by atoms with van der Waals surface area (Å²) in [7, 11) is 0. The molecule has 0 bridgehead atoms. The van der Waals surface area contributed by atoms with Crippen LogP contribution in [0.3, 0.4) is 0 Å². The standard InChI is InChI=1S/C9H16O3/c1-3-4-12-8(10)5-9(2)6-11-7-9/h3-7H2,1-2H3. The molecule has 70 valence electrons. The number of rotatable bonds is 4.